The van der Waals surface area contributed by atoms with Crippen molar-refractivity contribution in [2.75, 3.05) is 19.8 Å². The summed E-state index contributed by atoms with van der Waals surface area (Å²) in [5.74, 6) is -0.372. The second-order valence-corrected chi connectivity index (χ2v) is 23.7. The molecule has 1 amide bonds. The van der Waals surface area contributed by atoms with Gasteiger partial charge in [-0.15, -0.1) is 0 Å². The molecular weight excluding hydrogens is 939 g/mol. The summed E-state index contributed by atoms with van der Waals surface area (Å²) in [6.07, 6.45) is 75.7. The molecule has 7 nitrogen and oxygen atoms in total. The molecule has 0 saturated carbocycles. The van der Waals surface area contributed by atoms with Gasteiger partial charge < -0.3 is 25.4 Å². The molecule has 0 radical (unpaired) electrons. The lowest BCUT2D eigenvalue weighted by molar-refractivity contribution is -0.143. The predicted octanol–water partition coefficient (Wildman–Crippen LogP) is 20.6. The van der Waals surface area contributed by atoms with E-state index >= 15 is 0 Å². The number of nitrogens with one attached hydrogen (secondary N) is 1. The summed E-state index contributed by atoms with van der Waals surface area (Å²) in [6, 6.07) is 0. The predicted molar refractivity (Wildman–Crippen MR) is 330 cm³/mol. The van der Waals surface area contributed by atoms with Crippen molar-refractivity contribution in [3.05, 3.63) is 24.3 Å². The van der Waals surface area contributed by atoms with Crippen LogP contribution in [0.2, 0.25) is 0 Å². The van der Waals surface area contributed by atoms with Gasteiger partial charge in [-0.2, -0.15) is 0 Å². The average Bonchev–Trinajstić information content (AvgIpc) is 3.42. The van der Waals surface area contributed by atoms with Crippen LogP contribution in [0.1, 0.15) is 367 Å². The molecule has 0 bridgehead atoms. The van der Waals surface area contributed by atoms with Crippen LogP contribution in [0.15, 0.2) is 24.3 Å². The van der Waals surface area contributed by atoms with E-state index in [0.29, 0.717) is 32.3 Å². The fourth-order valence-corrected chi connectivity index (χ4v) is 10.8. The molecule has 0 aromatic carbocycles. The quantitative estimate of drug-likeness (QED) is 0.0274. The number of carbonyl (C=O) groups excluding carboxylic acids is 2. The standard InChI is InChI=1S/C69H133NO6/c1-3-5-7-9-11-13-15-16-32-36-39-43-47-51-55-59-69(75)76-62-56-52-48-44-40-37-34-31-29-27-25-23-21-19-17-18-20-22-24-26-28-30-33-35-38-42-46-50-54-58-68(74)70-63-65(64-71)67(73)61-60-66(72)57-53-49-45-41-14-12-10-8-6-4-2/h11,13,16,32,65-67,71-73H,3-10,12,14-15,17-31,33-64H2,1-2H3,(H,70,74)/b13-11+,32-16+. The molecular formula is C69H133NO6. The first-order valence-electron chi connectivity index (χ1n) is 34.1. The highest BCUT2D eigenvalue weighted by Gasteiger charge is 2.20. The monoisotopic (exact) mass is 1070 g/mol. The van der Waals surface area contributed by atoms with Crippen LogP contribution in [0.25, 0.3) is 0 Å². The van der Waals surface area contributed by atoms with Crippen LogP contribution in [0.5, 0.6) is 0 Å². The highest BCUT2D eigenvalue weighted by molar-refractivity contribution is 5.75. The minimum absolute atomic E-state index is 0.00385. The third-order valence-electron chi connectivity index (χ3n) is 16.2. The van der Waals surface area contributed by atoms with E-state index in [2.05, 4.69) is 43.5 Å². The maximum Gasteiger partial charge on any atom is 0.305 e. The summed E-state index contributed by atoms with van der Waals surface area (Å²) in [4.78, 5) is 24.5. The van der Waals surface area contributed by atoms with Crippen LogP contribution in [0.3, 0.4) is 0 Å². The molecule has 4 N–H and O–H groups in total. The van der Waals surface area contributed by atoms with E-state index in [4.69, 9.17) is 4.74 Å². The second kappa shape index (κ2) is 64.1. The summed E-state index contributed by atoms with van der Waals surface area (Å²) in [7, 11) is 0. The third kappa shape index (κ3) is 60.0. The summed E-state index contributed by atoms with van der Waals surface area (Å²) < 4.78 is 5.49. The lowest BCUT2D eigenvalue weighted by atomic mass is 9.96. The van der Waals surface area contributed by atoms with Crippen LogP contribution in [0.4, 0.5) is 0 Å². The number of carbonyl (C=O) groups is 2. The zero-order valence-corrected chi connectivity index (χ0v) is 51.1. The Labute approximate surface area is 474 Å². The van der Waals surface area contributed by atoms with E-state index in [-0.39, 0.29) is 30.9 Å². The van der Waals surface area contributed by atoms with Crippen molar-refractivity contribution in [2.24, 2.45) is 5.92 Å². The molecule has 0 aromatic heterocycles. The molecule has 0 fully saturated rings. The molecule has 3 atom stereocenters. The van der Waals surface area contributed by atoms with Gasteiger partial charge in [-0.05, 0) is 70.6 Å². The lowest BCUT2D eigenvalue weighted by Crippen LogP contribution is -2.37. The van der Waals surface area contributed by atoms with Crippen LogP contribution in [-0.2, 0) is 14.3 Å². The first-order valence-corrected chi connectivity index (χ1v) is 34.1. The zero-order valence-electron chi connectivity index (χ0n) is 51.1. The molecule has 0 aliphatic heterocycles. The zero-order chi connectivity index (χ0) is 55.1. The topological polar surface area (TPSA) is 116 Å². The average molecular weight is 1070 g/mol. The van der Waals surface area contributed by atoms with Crippen LogP contribution < -0.4 is 5.32 Å². The largest absolute Gasteiger partial charge is 0.466 e. The first-order chi connectivity index (χ1) is 37.4. The van der Waals surface area contributed by atoms with Gasteiger partial charge in [-0.25, -0.2) is 0 Å². The fourth-order valence-electron chi connectivity index (χ4n) is 10.8. The van der Waals surface area contributed by atoms with E-state index in [0.717, 1.165) is 57.8 Å². The van der Waals surface area contributed by atoms with Crippen LogP contribution in [0, 0.1) is 5.92 Å². The Bertz CT molecular complexity index is 1210. The number of hydrogen-bond donors (Lipinski definition) is 4. The maximum atomic E-state index is 12.4. The summed E-state index contributed by atoms with van der Waals surface area (Å²) >= 11 is 0. The van der Waals surface area contributed by atoms with Crippen LogP contribution in [-0.4, -0.2) is 59.2 Å². The van der Waals surface area contributed by atoms with Crippen molar-refractivity contribution < 1.29 is 29.6 Å². The van der Waals surface area contributed by atoms with Gasteiger partial charge in [0.1, 0.15) is 0 Å². The van der Waals surface area contributed by atoms with Crippen molar-refractivity contribution >= 4 is 11.9 Å². The molecule has 450 valence electrons. The van der Waals surface area contributed by atoms with Crippen molar-refractivity contribution in [1.82, 2.24) is 5.32 Å². The number of aliphatic hydroxyl groups excluding tert-OH is 3. The molecule has 0 saturated heterocycles. The maximum absolute atomic E-state index is 12.4. The van der Waals surface area contributed by atoms with Gasteiger partial charge in [0.05, 0.1) is 25.4 Å². The van der Waals surface area contributed by atoms with E-state index in [9.17, 15) is 24.9 Å². The smallest absolute Gasteiger partial charge is 0.305 e. The molecule has 7 heteroatoms. The summed E-state index contributed by atoms with van der Waals surface area (Å²) in [6.45, 7) is 5.25. The van der Waals surface area contributed by atoms with Gasteiger partial charge in [-0.3, -0.25) is 9.59 Å². The normalized spacial score (nSPS) is 13.1. The lowest BCUT2D eigenvalue weighted by Gasteiger charge is -2.22. The molecule has 0 aliphatic rings. The first kappa shape index (κ1) is 74.3. The molecule has 76 heavy (non-hydrogen) atoms. The van der Waals surface area contributed by atoms with Crippen molar-refractivity contribution in [2.45, 2.75) is 379 Å². The van der Waals surface area contributed by atoms with E-state index in [1.807, 2.05) is 0 Å². The van der Waals surface area contributed by atoms with Gasteiger partial charge in [0, 0.05) is 25.3 Å². The summed E-state index contributed by atoms with van der Waals surface area (Å²) in [5, 5.41) is 33.8. The minimum atomic E-state index is -0.715. The third-order valence-corrected chi connectivity index (χ3v) is 16.2. The van der Waals surface area contributed by atoms with Crippen LogP contribution >= 0.6 is 0 Å². The fraction of sp³-hybridized carbons (Fsp3) is 0.913. The molecule has 0 aromatic rings. The molecule has 3 unspecified atom stereocenters. The number of unbranched alkanes of at least 4 members (excludes halogenated alkanes) is 45. The van der Waals surface area contributed by atoms with Crippen molar-refractivity contribution in [3.8, 4) is 0 Å². The SMILES string of the molecule is CCCCC/C=C/C/C=C/CCCCCCCC(=O)OCCCCCCCCCCCCCCCCCCCCCCCCCCCCCCCC(=O)NCC(CO)C(O)CCC(O)CCCCCCCCCCCC. The van der Waals surface area contributed by atoms with Gasteiger partial charge >= 0.3 is 5.97 Å². The van der Waals surface area contributed by atoms with E-state index in [1.165, 1.54) is 270 Å². The molecule has 0 rings (SSSR count). The number of amides is 1. The summed E-state index contributed by atoms with van der Waals surface area (Å²) in [5.41, 5.74) is 0. The Morgan fingerprint density at radius 1 is 0.395 bits per heavy atom. The van der Waals surface area contributed by atoms with E-state index < -0.39 is 12.2 Å². The number of ether oxygens (including phenoxy) is 1. The van der Waals surface area contributed by atoms with Crippen molar-refractivity contribution in [1.29, 1.82) is 0 Å². The number of rotatable bonds is 64. The number of hydrogen-bond acceptors (Lipinski definition) is 6. The minimum Gasteiger partial charge on any atom is -0.466 e. The highest BCUT2D eigenvalue weighted by Crippen LogP contribution is 2.19. The number of esters is 1. The van der Waals surface area contributed by atoms with Gasteiger partial charge in [0.15, 0.2) is 0 Å². The molecule has 0 spiro atoms. The van der Waals surface area contributed by atoms with Gasteiger partial charge in [0.2, 0.25) is 5.91 Å². The van der Waals surface area contributed by atoms with E-state index in [1.54, 1.807) is 0 Å². The Hall–Kier alpha value is -1.70. The molecule has 0 heterocycles. The Balaban J connectivity index is 3.36. The number of aliphatic hydroxyl groups is 3. The molecule has 0 aliphatic carbocycles. The Morgan fingerprint density at radius 3 is 1.16 bits per heavy atom. The van der Waals surface area contributed by atoms with Gasteiger partial charge in [0.25, 0.3) is 0 Å². The number of allylic oxidation sites excluding steroid dienone is 4. The highest BCUT2D eigenvalue weighted by atomic mass is 16.5. The second-order valence-electron chi connectivity index (χ2n) is 23.7. The Morgan fingerprint density at radius 2 is 0.737 bits per heavy atom. The Kier molecular flexibility index (Phi) is 62.7. The van der Waals surface area contributed by atoms with Gasteiger partial charge in [-0.1, -0.05) is 308 Å². The van der Waals surface area contributed by atoms with Crippen molar-refractivity contribution in [3.63, 3.8) is 0 Å².